The highest BCUT2D eigenvalue weighted by atomic mass is 16.6. The van der Waals surface area contributed by atoms with E-state index in [4.69, 9.17) is 9.84 Å². The number of hydrogen-bond donors (Lipinski definition) is 2. The Labute approximate surface area is 112 Å². The van der Waals surface area contributed by atoms with Crippen LogP contribution < -0.4 is 0 Å². The first-order valence-corrected chi connectivity index (χ1v) is 6.02. The fourth-order valence-electron chi connectivity index (χ4n) is 1.94. The molecular formula is C12H21NO6. The molecule has 0 aromatic rings. The van der Waals surface area contributed by atoms with E-state index in [9.17, 15) is 14.7 Å². The summed E-state index contributed by atoms with van der Waals surface area (Å²) in [6.45, 7) is 4.39. The third-order valence-electron chi connectivity index (χ3n) is 2.81. The van der Waals surface area contributed by atoms with Crippen LogP contribution in [-0.2, 0) is 14.3 Å². The molecule has 110 valence electrons. The molecule has 0 aromatic carbocycles. The maximum atomic E-state index is 12.0. The molecule has 0 aliphatic carbocycles. The summed E-state index contributed by atoms with van der Waals surface area (Å²) in [6.07, 6.45) is -0.789. The van der Waals surface area contributed by atoms with Crippen LogP contribution in [0.1, 0.15) is 27.2 Å². The topological polar surface area (TPSA) is 96.3 Å². The van der Waals surface area contributed by atoms with Gasteiger partial charge >= 0.3 is 12.1 Å². The number of methoxy groups -OCH3 is 1. The highest BCUT2D eigenvalue weighted by Crippen LogP contribution is 2.29. The number of hydrogen-bond acceptors (Lipinski definition) is 6. The zero-order valence-corrected chi connectivity index (χ0v) is 11.7. The minimum Gasteiger partial charge on any atom is -0.467 e. The van der Waals surface area contributed by atoms with E-state index in [-0.39, 0.29) is 13.0 Å². The second-order valence-electron chi connectivity index (χ2n) is 5.73. The maximum absolute atomic E-state index is 12.0. The fraction of sp³-hybridized carbons (Fsp3) is 0.833. The van der Waals surface area contributed by atoms with Crippen LogP contribution in [-0.4, -0.2) is 64.7 Å². The monoisotopic (exact) mass is 275 g/mol. The minimum atomic E-state index is -1.50. The largest absolute Gasteiger partial charge is 0.467 e. The number of amides is 1. The molecule has 0 spiro atoms. The number of carbonyl (C=O) groups is 2. The Kier molecular flexibility index (Phi) is 4.42. The zero-order chi connectivity index (χ0) is 14.8. The van der Waals surface area contributed by atoms with Crippen LogP contribution in [0, 0.1) is 0 Å². The summed E-state index contributed by atoms with van der Waals surface area (Å²) in [5.74, 6) is -0.643. The summed E-state index contributed by atoms with van der Waals surface area (Å²) in [5, 5.41) is 19.2. The number of rotatable bonds is 2. The highest BCUT2D eigenvalue weighted by molar-refractivity contribution is 5.82. The normalized spacial score (nSPS) is 27.3. The van der Waals surface area contributed by atoms with E-state index in [1.54, 1.807) is 20.8 Å². The van der Waals surface area contributed by atoms with Gasteiger partial charge in [0.15, 0.2) is 0 Å². The molecule has 7 heteroatoms. The maximum Gasteiger partial charge on any atom is 0.411 e. The molecule has 1 aliphatic heterocycles. The number of aliphatic hydroxyl groups is 2. The Morgan fingerprint density at radius 3 is 2.42 bits per heavy atom. The van der Waals surface area contributed by atoms with Crippen LogP contribution in [0.5, 0.6) is 0 Å². The van der Waals surface area contributed by atoms with Crippen molar-refractivity contribution in [3.63, 3.8) is 0 Å². The van der Waals surface area contributed by atoms with Crippen molar-refractivity contribution < 1.29 is 29.3 Å². The summed E-state index contributed by atoms with van der Waals surface area (Å²) in [4.78, 5) is 24.7. The minimum absolute atomic E-state index is 0.0740. The number of esters is 1. The molecule has 0 aromatic heterocycles. The molecule has 1 fully saturated rings. The quantitative estimate of drug-likeness (QED) is 0.683. The van der Waals surface area contributed by atoms with E-state index in [1.807, 2.05) is 0 Å². The predicted octanol–water partition coefficient (Wildman–Crippen LogP) is -0.108. The molecular weight excluding hydrogens is 254 g/mol. The van der Waals surface area contributed by atoms with Gasteiger partial charge in [0.1, 0.15) is 17.2 Å². The van der Waals surface area contributed by atoms with Gasteiger partial charge in [-0.05, 0) is 20.8 Å². The van der Waals surface area contributed by atoms with Crippen molar-refractivity contribution >= 4 is 12.1 Å². The van der Waals surface area contributed by atoms with Gasteiger partial charge in [0, 0.05) is 6.42 Å². The van der Waals surface area contributed by atoms with Crippen LogP contribution in [0.4, 0.5) is 4.79 Å². The Hall–Kier alpha value is -1.34. The van der Waals surface area contributed by atoms with Gasteiger partial charge in [-0.1, -0.05) is 0 Å². The molecule has 1 amide bonds. The van der Waals surface area contributed by atoms with E-state index in [0.29, 0.717) is 0 Å². The van der Waals surface area contributed by atoms with Crippen molar-refractivity contribution in [2.24, 2.45) is 0 Å². The first-order chi connectivity index (χ1) is 8.62. The lowest BCUT2D eigenvalue weighted by atomic mass is 10.0. The second kappa shape index (κ2) is 5.34. The molecule has 1 rings (SSSR count). The lowest BCUT2D eigenvalue weighted by Crippen LogP contribution is -2.44. The average Bonchev–Trinajstić information content (AvgIpc) is 2.65. The van der Waals surface area contributed by atoms with Gasteiger partial charge in [0.05, 0.1) is 20.3 Å². The van der Waals surface area contributed by atoms with E-state index in [0.717, 1.165) is 4.90 Å². The lowest BCUT2D eigenvalue weighted by Gasteiger charge is -2.27. The van der Waals surface area contributed by atoms with Gasteiger partial charge in [0.25, 0.3) is 0 Å². The number of ether oxygens (including phenoxy) is 2. The molecule has 19 heavy (non-hydrogen) atoms. The van der Waals surface area contributed by atoms with E-state index in [2.05, 4.69) is 4.74 Å². The van der Waals surface area contributed by atoms with Crippen LogP contribution in [0.3, 0.4) is 0 Å². The van der Waals surface area contributed by atoms with Gasteiger partial charge in [-0.15, -0.1) is 0 Å². The second-order valence-corrected chi connectivity index (χ2v) is 5.73. The summed E-state index contributed by atoms with van der Waals surface area (Å²) in [7, 11) is 1.20. The molecule has 0 bridgehead atoms. The number of aliphatic hydroxyl groups excluding tert-OH is 1. The van der Waals surface area contributed by atoms with Crippen molar-refractivity contribution in [1.29, 1.82) is 0 Å². The van der Waals surface area contributed by atoms with E-state index < -0.39 is 35.9 Å². The number of β-amino-alcohol motifs (C(OH)–C–C–N with tert-alkyl or cyclic N) is 1. The molecule has 1 heterocycles. The molecule has 0 radical (unpaired) electrons. The van der Waals surface area contributed by atoms with Gasteiger partial charge in [-0.25, -0.2) is 9.59 Å². The van der Waals surface area contributed by atoms with Crippen LogP contribution in [0.15, 0.2) is 0 Å². The summed E-state index contributed by atoms with van der Waals surface area (Å²) < 4.78 is 9.77. The van der Waals surface area contributed by atoms with Gasteiger partial charge < -0.3 is 19.7 Å². The van der Waals surface area contributed by atoms with Gasteiger partial charge in [-0.2, -0.15) is 0 Å². The van der Waals surface area contributed by atoms with Crippen LogP contribution in [0.25, 0.3) is 0 Å². The summed E-state index contributed by atoms with van der Waals surface area (Å²) >= 11 is 0. The Morgan fingerprint density at radius 1 is 1.42 bits per heavy atom. The van der Waals surface area contributed by atoms with Crippen molar-refractivity contribution in [3.8, 4) is 0 Å². The Bertz CT molecular complexity index is 364. The summed E-state index contributed by atoms with van der Waals surface area (Å²) in [6, 6.07) is -0.947. The van der Waals surface area contributed by atoms with Crippen molar-refractivity contribution in [2.45, 2.75) is 44.4 Å². The molecule has 2 N–H and O–H groups in total. The predicted molar refractivity (Wildman–Crippen MR) is 65.4 cm³/mol. The number of nitrogens with zero attached hydrogens (tertiary/aromatic N) is 1. The van der Waals surface area contributed by atoms with Crippen molar-refractivity contribution in [3.05, 3.63) is 0 Å². The standard InChI is InChI=1S/C12H21NO6/c1-11(2,3)19-10(16)13-6-12(17,7-14)5-8(13)9(15)18-4/h8,14,17H,5-7H2,1-4H3. The summed E-state index contributed by atoms with van der Waals surface area (Å²) in [5.41, 5.74) is -2.21. The number of carbonyl (C=O) groups excluding carboxylic acids is 2. The molecule has 0 saturated carbocycles. The smallest absolute Gasteiger partial charge is 0.411 e. The molecule has 7 nitrogen and oxygen atoms in total. The average molecular weight is 275 g/mol. The zero-order valence-electron chi connectivity index (χ0n) is 11.7. The fourth-order valence-corrected chi connectivity index (χ4v) is 1.94. The highest BCUT2D eigenvalue weighted by Gasteiger charge is 2.49. The van der Waals surface area contributed by atoms with Crippen molar-refractivity contribution in [2.75, 3.05) is 20.3 Å². The first kappa shape index (κ1) is 15.7. The number of likely N-dealkylation sites (tertiary alicyclic amines) is 1. The first-order valence-electron chi connectivity index (χ1n) is 6.02. The Balaban J connectivity index is 2.89. The Morgan fingerprint density at radius 2 is 2.00 bits per heavy atom. The van der Waals surface area contributed by atoms with Gasteiger partial charge in [-0.3, -0.25) is 4.90 Å². The SMILES string of the molecule is COC(=O)C1CC(O)(CO)CN1C(=O)OC(C)(C)C. The van der Waals surface area contributed by atoms with E-state index in [1.165, 1.54) is 7.11 Å². The third kappa shape index (κ3) is 3.81. The lowest BCUT2D eigenvalue weighted by molar-refractivity contribution is -0.145. The molecule has 2 unspecified atom stereocenters. The van der Waals surface area contributed by atoms with Crippen LogP contribution in [0.2, 0.25) is 0 Å². The molecule has 1 aliphatic rings. The molecule has 1 saturated heterocycles. The van der Waals surface area contributed by atoms with Crippen molar-refractivity contribution in [1.82, 2.24) is 4.90 Å². The van der Waals surface area contributed by atoms with Gasteiger partial charge in [0.2, 0.25) is 0 Å². The van der Waals surface area contributed by atoms with E-state index >= 15 is 0 Å². The van der Waals surface area contributed by atoms with Crippen LogP contribution >= 0.6 is 0 Å². The molecule has 2 atom stereocenters. The third-order valence-corrected chi connectivity index (χ3v) is 2.81.